The van der Waals surface area contributed by atoms with Crippen molar-refractivity contribution in [3.63, 3.8) is 0 Å². The van der Waals surface area contributed by atoms with Gasteiger partial charge in [-0.05, 0) is 49.4 Å². The molecule has 1 aliphatic heterocycles. The lowest BCUT2D eigenvalue weighted by Gasteiger charge is -2.22. The molecule has 3 heteroatoms. The number of hydrogen-bond donors (Lipinski definition) is 1. The largest absolute Gasteiger partial charge is 0.381 e. The topological polar surface area (TPSA) is 34.2 Å². The Bertz CT molecular complexity index is 309. The Balaban J connectivity index is 1.72. The molecule has 0 radical (unpaired) electrons. The van der Waals surface area contributed by atoms with E-state index in [1.165, 1.54) is 18.4 Å². The van der Waals surface area contributed by atoms with E-state index in [9.17, 15) is 0 Å². The molecule has 1 saturated heterocycles. The summed E-state index contributed by atoms with van der Waals surface area (Å²) in [5.41, 5.74) is 1.35. The van der Waals surface area contributed by atoms with Gasteiger partial charge in [0.05, 0.1) is 6.61 Å². The highest BCUT2D eigenvalue weighted by Gasteiger charge is 2.23. The molecule has 2 atom stereocenters. The Morgan fingerprint density at radius 1 is 1.47 bits per heavy atom. The average molecular weight is 234 g/mol. The van der Waals surface area contributed by atoms with E-state index in [2.05, 4.69) is 29.4 Å². The Morgan fingerprint density at radius 2 is 2.29 bits per heavy atom. The summed E-state index contributed by atoms with van der Waals surface area (Å²) < 4.78 is 5.46. The van der Waals surface area contributed by atoms with Gasteiger partial charge in [-0.3, -0.25) is 4.98 Å². The Labute approximate surface area is 104 Å². The summed E-state index contributed by atoms with van der Waals surface area (Å²) in [5, 5.41) is 3.66. The number of rotatable bonds is 6. The van der Waals surface area contributed by atoms with E-state index in [4.69, 9.17) is 4.74 Å². The second-order valence-electron chi connectivity index (χ2n) is 4.70. The number of hydrogen-bond acceptors (Lipinski definition) is 3. The molecular weight excluding hydrogens is 212 g/mol. The van der Waals surface area contributed by atoms with Crippen molar-refractivity contribution in [2.24, 2.45) is 5.92 Å². The van der Waals surface area contributed by atoms with Crippen molar-refractivity contribution in [2.75, 3.05) is 19.8 Å². The third-order valence-electron chi connectivity index (χ3n) is 3.54. The molecule has 94 valence electrons. The fraction of sp³-hybridized carbons (Fsp3) is 0.643. The van der Waals surface area contributed by atoms with Gasteiger partial charge in [0.15, 0.2) is 0 Å². The van der Waals surface area contributed by atoms with Crippen LogP contribution >= 0.6 is 0 Å². The van der Waals surface area contributed by atoms with Crippen molar-refractivity contribution in [3.05, 3.63) is 30.1 Å². The van der Waals surface area contributed by atoms with Crippen LogP contribution in [0, 0.1) is 5.92 Å². The molecular formula is C14H22N2O. The van der Waals surface area contributed by atoms with E-state index < -0.39 is 0 Å². The third kappa shape index (κ3) is 3.79. The van der Waals surface area contributed by atoms with Gasteiger partial charge in [0.1, 0.15) is 0 Å². The minimum absolute atomic E-state index is 0.610. The lowest BCUT2D eigenvalue weighted by atomic mass is 9.96. The SMILES string of the molecule is CCC(NCCc1ccncc1)C1CCOC1. The first-order valence-corrected chi connectivity index (χ1v) is 6.60. The van der Waals surface area contributed by atoms with Crippen molar-refractivity contribution in [1.82, 2.24) is 10.3 Å². The number of nitrogens with one attached hydrogen (secondary N) is 1. The number of aromatic nitrogens is 1. The van der Waals surface area contributed by atoms with Crippen LogP contribution in [0.3, 0.4) is 0 Å². The molecule has 1 aromatic heterocycles. The van der Waals surface area contributed by atoms with E-state index in [1.54, 1.807) is 0 Å². The molecule has 0 aromatic carbocycles. The summed E-state index contributed by atoms with van der Waals surface area (Å²) in [6, 6.07) is 4.78. The van der Waals surface area contributed by atoms with Gasteiger partial charge in [-0.1, -0.05) is 6.92 Å². The summed E-state index contributed by atoms with van der Waals surface area (Å²) in [5.74, 6) is 0.706. The van der Waals surface area contributed by atoms with Crippen molar-refractivity contribution < 1.29 is 4.74 Å². The predicted octanol–water partition coefficient (Wildman–Crippen LogP) is 2.03. The van der Waals surface area contributed by atoms with Crippen LogP contribution in [0.15, 0.2) is 24.5 Å². The molecule has 3 nitrogen and oxygen atoms in total. The molecule has 0 spiro atoms. The van der Waals surface area contributed by atoms with Gasteiger partial charge >= 0.3 is 0 Å². The van der Waals surface area contributed by atoms with Crippen molar-refractivity contribution >= 4 is 0 Å². The summed E-state index contributed by atoms with van der Waals surface area (Å²) in [6.45, 7) is 5.16. The zero-order valence-corrected chi connectivity index (χ0v) is 10.6. The second kappa shape index (κ2) is 6.72. The third-order valence-corrected chi connectivity index (χ3v) is 3.54. The van der Waals surface area contributed by atoms with Crippen molar-refractivity contribution in [1.29, 1.82) is 0 Å². The van der Waals surface area contributed by atoms with Gasteiger partial charge in [0.2, 0.25) is 0 Å². The second-order valence-corrected chi connectivity index (χ2v) is 4.70. The minimum Gasteiger partial charge on any atom is -0.381 e. The Kier molecular flexibility index (Phi) is 4.95. The fourth-order valence-electron chi connectivity index (χ4n) is 2.47. The van der Waals surface area contributed by atoms with Crippen LogP contribution in [0.4, 0.5) is 0 Å². The van der Waals surface area contributed by atoms with Crippen molar-refractivity contribution in [2.45, 2.75) is 32.2 Å². The minimum atomic E-state index is 0.610. The Hall–Kier alpha value is -0.930. The van der Waals surface area contributed by atoms with E-state index in [-0.39, 0.29) is 0 Å². The van der Waals surface area contributed by atoms with Crippen LogP contribution in [0.5, 0.6) is 0 Å². The van der Waals surface area contributed by atoms with Gasteiger partial charge in [0.25, 0.3) is 0 Å². The van der Waals surface area contributed by atoms with E-state index in [1.807, 2.05) is 12.4 Å². The molecule has 17 heavy (non-hydrogen) atoms. The number of ether oxygens (including phenoxy) is 1. The smallest absolute Gasteiger partial charge is 0.0509 e. The van der Waals surface area contributed by atoms with Gasteiger partial charge in [-0.15, -0.1) is 0 Å². The van der Waals surface area contributed by atoms with Crippen LogP contribution < -0.4 is 5.32 Å². The van der Waals surface area contributed by atoms with Gasteiger partial charge in [0, 0.05) is 25.0 Å². The van der Waals surface area contributed by atoms with Crippen LogP contribution in [0.1, 0.15) is 25.3 Å². The lowest BCUT2D eigenvalue weighted by Crippen LogP contribution is -2.37. The maximum absolute atomic E-state index is 5.46. The highest BCUT2D eigenvalue weighted by atomic mass is 16.5. The molecule has 2 heterocycles. The van der Waals surface area contributed by atoms with Crippen LogP contribution in [-0.2, 0) is 11.2 Å². The van der Waals surface area contributed by atoms with Gasteiger partial charge in [-0.2, -0.15) is 0 Å². The lowest BCUT2D eigenvalue weighted by molar-refractivity contribution is 0.176. The molecule has 0 aliphatic carbocycles. The Morgan fingerprint density at radius 3 is 2.94 bits per heavy atom. The van der Waals surface area contributed by atoms with E-state index in [0.29, 0.717) is 12.0 Å². The first-order chi connectivity index (χ1) is 8.40. The normalized spacial score (nSPS) is 21.6. The maximum Gasteiger partial charge on any atom is 0.0509 e. The molecule has 1 N–H and O–H groups in total. The van der Waals surface area contributed by atoms with Crippen LogP contribution in [0.25, 0.3) is 0 Å². The predicted molar refractivity (Wildman–Crippen MR) is 68.9 cm³/mol. The average Bonchev–Trinajstić information content (AvgIpc) is 2.90. The molecule has 0 bridgehead atoms. The van der Waals surface area contributed by atoms with Gasteiger partial charge in [-0.25, -0.2) is 0 Å². The molecule has 1 aliphatic rings. The maximum atomic E-state index is 5.46. The summed E-state index contributed by atoms with van der Waals surface area (Å²) in [6.07, 6.45) is 7.19. The standard InChI is InChI=1S/C14H22N2O/c1-2-14(13-6-10-17-11-13)16-9-5-12-3-7-15-8-4-12/h3-4,7-8,13-14,16H,2,5-6,9-11H2,1H3. The molecule has 2 rings (SSSR count). The van der Waals surface area contributed by atoms with Crippen molar-refractivity contribution in [3.8, 4) is 0 Å². The first kappa shape index (κ1) is 12.5. The summed E-state index contributed by atoms with van der Waals surface area (Å²) in [4.78, 5) is 4.03. The molecule has 1 aromatic rings. The number of pyridine rings is 1. The summed E-state index contributed by atoms with van der Waals surface area (Å²) in [7, 11) is 0. The number of nitrogens with zero attached hydrogens (tertiary/aromatic N) is 1. The zero-order chi connectivity index (χ0) is 11.9. The quantitative estimate of drug-likeness (QED) is 0.818. The van der Waals surface area contributed by atoms with Crippen LogP contribution in [-0.4, -0.2) is 30.8 Å². The molecule has 0 amide bonds. The zero-order valence-electron chi connectivity index (χ0n) is 10.6. The molecule has 2 unspecified atom stereocenters. The first-order valence-electron chi connectivity index (χ1n) is 6.60. The van der Waals surface area contributed by atoms with Crippen LogP contribution in [0.2, 0.25) is 0 Å². The van der Waals surface area contributed by atoms with Gasteiger partial charge < -0.3 is 10.1 Å². The monoisotopic (exact) mass is 234 g/mol. The van der Waals surface area contributed by atoms with E-state index >= 15 is 0 Å². The molecule has 0 saturated carbocycles. The highest BCUT2D eigenvalue weighted by Crippen LogP contribution is 2.18. The summed E-state index contributed by atoms with van der Waals surface area (Å²) >= 11 is 0. The fourth-order valence-corrected chi connectivity index (χ4v) is 2.47. The highest BCUT2D eigenvalue weighted by molar-refractivity contribution is 5.09. The van der Waals surface area contributed by atoms with E-state index in [0.717, 1.165) is 26.2 Å². The molecule has 1 fully saturated rings.